The van der Waals surface area contributed by atoms with E-state index in [-0.39, 0.29) is 12.1 Å². The zero-order valence-corrected chi connectivity index (χ0v) is 7.34. The van der Waals surface area contributed by atoms with Gasteiger partial charge in [0, 0.05) is 18.8 Å². The van der Waals surface area contributed by atoms with E-state index in [9.17, 15) is 0 Å². The Balaban J connectivity index is 2.55. The highest BCUT2D eigenvalue weighted by molar-refractivity contribution is 4.90. The molecule has 1 saturated heterocycles. The minimum atomic E-state index is 0.106. The van der Waals surface area contributed by atoms with Crippen LogP contribution in [0.4, 0.5) is 0 Å². The molecule has 0 saturated carbocycles. The van der Waals surface area contributed by atoms with Gasteiger partial charge in [0.1, 0.15) is 0 Å². The van der Waals surface area contributed by atoms with Crippen LogP contribution >= 0.6 is 0 Å². The van der Waals surface area contributed by atoms with E-state index in [1.807, 2.05) is 14.1 Å². The number of ether oxygens (including phenoxy) is 1. The van der Waals surface area contributed by atoms with Gasteiger partial charge in [0.2, 0.25) is 0 Å². The van der Waals surface area contributed by atoms with Crippen molar-refractivity contribution in [2.24, 2.45) is 0 Å². The van der Waals surface area contributed by atoms with E-state index in [4.69, 9.17) is 9.84 Å². The smallest absolute Gasteiger partial charge is 0.0651 e. The van der Waals surface area contributed by atoms with Crippen molar-refractivity contribution in [2.45, 2.75) is 18.4 Å². The lowest BCUT2D eigenvalue weighted by atomic mass is 9.93. The second kappa shape index (κ2) is 3.52. The molecule has 3 heteroatoms. The van der Waals surface area contributed by atoms with Crippen molar-refractivity contribution in [3.63, 3.8) is 0 Å². The Morgan fingerprint density at radius 1 is 1.55 bits per heavy atom. The van der Waals surface area contributed by atoms with Crippen LogP contribution in [0.1, 0.15) is 12.8 Å². The molecule has 1 aliphatic heterocycles. The number of rotatable bonds is 3. The lowest BCUT2D eigenvalue weighted by molar-refractivity contribution is 0.0822. The molecule has 66 valence electrons. The average molecular weight is 159 g/mol. The fourth-order valence-corrected chi connectivity index (χ4v) is 1.58. The molecular weight excluding hydrogens is 142 g/mol. The summed E-state index contributed by atoms with van der Waals surface area (Å²) in [6.07, 6.45) is 1.86. The zero-order valence-electron chi connectivity index (χ0n) is 7.34. The Kier molecular flexibility index (Phi) is 2.87. The third-order valence-electron chi connectivity index (χ3n) is 2.61. The summed E-state index contributed by atoms with van der Waals surface area (Å²) in [5.41, 5.74) is 0.106. The highest BCUT2D eigenvalue weighted by atomic mass is 16.5. The molecule has 3 nitrogen and oxygen atoms in total. The normalized spacial score (nSPS) is 31.6. The maximum absolute atomic E-state index is 8.86. The number of nitrogens with zero attached hydrogens (tertiary/aromatic N) is 1. The van der Waals surface area contributed by atoms with E-state index in [0.717, 1.165) is 26.1 Å². The molecule has 1 N–H and O–H groups in total. The molecule has 0 aromatic carbocycles. The molecule has 1 rings (SSSR count). The van der Waals surface area contributed by atoms with Crippen molar-refractivity contribution in [2.75, 3.05) is 33.9 Å². The van der Waals surface area contributed by atoms with Gasteiger partial charge in [-0.05, 0) is 26.9 Å². The number of likely N-dealkylation sites (N-methyl/N-ethyl adjacent to an activating group) is 1. The minimum Gasteiger partial charge on any atom is -0.396 e. The largest absolute Gasteiger partial charge is 0.396 e. The van der Waals surface area contributed by atoms with Gasteiger partial charge in [-0.3, -0.25) is 0 Å². The SMILES string of the molecule is CN(C)C1(CCO)CCOC1. The standard InChI is InChI=1S/C8H17NO2/c1-9(2)8(3-5-10)4-6-11-7-8/h10H,3-7H2,1-2H3. The molecule has 0 radical (unpaired) electrons. The van der Waals surface area contributed by atoms with Crippen molar-refractivity contribution in [3.8, 4) is 0 Å². The highest BCUT2D eigenvalue weighted by Gasteiger charge is 2.36. The van der Waals surface area contributed by atoms with Gasteiger partial charge < -0.3 is 14.7 Å². The molecular formula is C8H17NO2. The lowest BCUT2D eigenvalue weighted by Gasteiger charge is -2.34. The summed E-state index contributed by atoms with van der Waals surface area (Å²) in [5.74, 6) is 0. The predicted molar refractivity (Wildman–Crippen MR) is 43.6 cm³/mol. The van der Waals surface area contributed by atoms with Gasteiger partial charge in [-0.15, -0.1) is 0 Å². The Labute approximate surface area is 68.0 Å². The van der Waals surface area contributed by atoms with Crippen molar-refractivity contribution < 1.29 is 9.84 Å². The average Bonchev–Trinajstić information content (AvgIpc) is 2.38. The summed E-state index contributed by atoms with van der Waals surface area (Å²) in [6.45, 7) is 1.85. The fraction of sp³-hybridized carbons (Fsp3) is 1.00. The van der Waals surface area contributed by atoms with Crippen molar-refractivity contribution >= 4 is 0 Å². The van der Waals surface area contributed by atoms with Crippen LogP contribution in [-0.2, 0) is 4.74 Å². The Morgan fingerprint density at radius 2 is 2.27 bits per heavy atom. The van der Waals surface area contributed by atoms with Gasteiger partial charge in [-0.2, -0.15) is 0 Å². The molecule has 11 heavy (non-hydrogen) atoms. The summed E-state index contributed by atoms with van der Waals surface area (Å²) < 4.78 is 5.32. The molecule has 1 atom stereocenters. The number of aliphatic hydroxyl groups excluding tert-OH is 1. The number of aliphatic hydroxyl groups is 1. The van der Waals surface area contributed by atoms with Crippen LogP contribution in [0.2, 0.25) is 0 Å². The van der Waals surface area contributed by atoms with Gasteiger partial charge in [0.05, 0.1) is 6.61 Å². The fourth-order valence-electron chi connectivity index (χ4n) is 1.58. The van der Waals surface area contributed by atoms with Gasteiger partial charge in [-0.1, -0.05) is 0 Å². The quantitative estimate of drug-likeness (QED) is 0.633. The minimum absolute atomic E-state index is 0.106. The molecule has 0 spiro atoms. The van der Waals surface area contributed by atoms with Crippen LogP contribution in [0.25, 0.3) is 0 Å². The molecule has 0 aromatic heterocycles. The third-order valence-corrected chi connectivity index (χ3v) is 2.61. The van der Waals surface area contributed by atoms with Crippen molar-refractivity contribution in [3.05, 3.63) is 0 Å². The molecule has 1 fully saturated rings. The molecule has 0 bridgehead atoms. The molecule has 1 aliphatic rings. The molecule has 0 aromatic rings. The number of hydrogen-bond acceptors (Lipinski definition) is 3. The van der Waals surface area contributed by atoms with Gasteiger partial charge in [0.25, 0.3) is 0 Å². The van der Waals surface area contributed by atoms with E-state index in [2.05, 4.69) is 4.90 Å². The summed E-state index contributed by atoms with van der Waals surface area (Å²) in [6, 6.07) is 0. The Bertz CT molecular complexity index is 119. The maximum atomic E-state index is 8.86. The van der Waals surface area contributed by atoms with Crippen LogP contribution in [0.15, 0.2) is 0 Å². The molecule has 0 aliphatic carbocycles. The van der Waals surface area contributed by atoms with Crippen LogP contribution in [0, 0.1) is 0 Å². The van der Waals surface area contributed by atoms with E-state index in [1.54, 1.807) is 0 Å². The van der Waals surface area contributed by atoms with E-state index < -0.39 is 0 Å². The Hall–Kier alpha value is -0.120. The van der Waals surface area contributed by atoms with E-state index >= 15 is 0 Å². The second-order valence-corrected chi connectivity index (χ2v) is 3.39. The van der Waals surface area contributed by atoms with Gasteiger partial charge in [-0.25, -0.2) is 0 Å². The van der Waals surface area contributed by atoms with Crippen LogP contribution in [-0.4, -0.2) is 49.5 Å². The first-order valence-electron chi connectivity index (χ1n) is 4.07. The molecule has 1 heterocycles. The van der Waals surface area contributed by atoms with E-state index in [0.29, 0.717) is 0 Å². The number of hydrogen-bond donors (Lipinski definition) is 1. The van der Waals surface area contributed by atoms with Crippen LogP contribution < -0.4 is 0 Å². The molecule has 0 amide bonds. The van der Waals surface area contributed by atoms with Crippen LogP contribution in [0.5, 0.6) is 0 Å². The van der Waals surface area contributed by atoms with Gasteiger partial charge in [0.15, 0.2) is 0 Å². The second-order valence-electron chi connectivity index (χ2n) is 3.39. The van der Waals surface area contributed by atoms with E-state index in [1.165, 1.54) is 0 Å². The first-order valence-corrected chi connectivity index (χ1v) is 4.07. The monoisotopic (exact) mass is 159 g/mol. The summed E-state index contributed by atoms with van der Waals surface area (Å²) in [4.78, 5) is 2.16. The first-order chi connectivity index (χ1) is 5.21. The predicted octanol–water partition coefficient (Wildman–Crippen LogP) is 0.0895. The Morgan fingerprint density at radius 3 is 2.64 bits per heavy atom. The molecule has 1 unspecified atom stereocenters. The summed E-state index contributed by atoms with van der Waals surface area (Å²) in [5, 5.41) is 8.86. The maximum Gasteiger partial charge on any atom is 0.0651 e. The first kappa shape index (κ1) is 8.97. The van der Waals surface area contributed by atoms with Crippen LogP contribution in [0.3, 0.4) is 0 Å². The third kappa shape index (κ3) is 1.72. The highest BCUT2D eigenvalue weighted by Crippen LogP contribution is 2.26. The van der Waals surface area contributed by atoms with Gasteiger partial charge >= 0.3 is 0 Å². The zero-order chi connectivity index (χ0) is 8.32. The van der Waals surface area contributed by atoms with Crippen molar-refractivity contribution in [1.82, 2.24) is 4.90 Å². The van der Waals surface area contributed by atoms with Crippen molar-refractivity contribution in [1.29, 1.82) is 0 Å². The topological polar surface area (TPSA) is 32.7 Å². The summed E-state index contributed by atoms with van der Waals surface area (Å²) in [7, 11) is 4.09. The summed E-state index contributed by atoms with van der Waals surface area (Å²) >= 11 is 0. The lowest BCUT2D eigenvalue weighted by Crippen LogP contribution is -2.45.